The predicted octanol–water partition coefficient (Wildman–Crippen LogP) is 5.68. The SMILES string of the molecule is COc1ccc2ncc(Cl)c(CCCC3(CO)CCN(CCNc4cc(F)cc(F)c4)CC3)c2c1. The van der Waals surface area contributed by atoms with Crippen LogP contribution in [0.25, 0.3) is 10.9 Å². The zero-order chi connectivity index (χ0) is 24.8. The molecule has 1 aliphatic rings. The Morgan fingerprint density at radius 3 is 2.57 bits per heavy atom. The second kappa shape index (κ2) is 11.5. The van der Waals surface area contributed by atoms with Crippen LogP contribution in [0.1, 0.15) is 31.2 Å². The smallest absolute Gasteiger partial charge is 0.128 e. The molecule has 0 amide bonds. The number of methoxy groups -OCH3 is 1. The molecular weight excluding hydrogens is 472 g/mol. The average molecular weight is 504 g/mol. The van der Waals surface area contributed by atoms with Crippen LogP contribution in [-0.4, -0.2) is 54.9 Å². The van der Waals surface area contributed by atoms with Gasteiger partial charge in [0.05, 0.1) is 17.6 Å². The molecule has 3 aromatic rings. The van der Waals surface area contributed by atoms with Crippen molar-refractivity contribution in [3.63, 3.8) is 0 Å². The Bertz CT molecular complexity index is 1130. The average Bonchev–Trinajstić information content (AvgIpc) is 2.85. The van der Waals surface area contributed by atoms with Crippen LogP contribution in [0.3, 0.4) is 0 Å². The van der Waals surface area contributed by atoms with Gasteiger partial charge in [-0.05, 0) is 86.5 Å². The van der Waals surface area contributed by atoms with Gasteiger partial charge in [-0.25, -0.2) is 8.78 Å². The summed E-state index contributed by atoms with van der Waals surface area (Å²) in [6, 6.07) is 9.28. The van der Waals surface area contributed by atoms with Crippen molar-refractivity contribution in [2.24, 2.45) is 5.41 Å². The van der Waals surface area contributed by atoms with E-state index in [1.807, 2.05) is 18.2 Å². The second-order valence-corrected chi connectivity index (χ2v) is 9.81. The number of aliphatic hydroxyl groups is 1. The molecule has 0 atom stereocenters. The normalized spacial score (nSPS) is 15.9. The number of anilines is 1. The van der Waals surface area contributed by atoms with Gasteiger partial charge >= 0.3 is 0 Å². The Morgan fingerprint density at radius 2 is 1.89 bits per heavy atom. The summed E-state index contributed by atoms with van der Waals surface area (Å²) in [6.07, 6.45) is 6.18. The minimum atomic E-state index is -0.585. The molecule has 2 aromatic carbocycles. The summed E-state index contributed by atoms with van der Waals surface area (Å²) in [5, 5.41) is 15.0. The monoisotopic (exact) mass is 503 g/mol. The number of nitrogens with one attached hydrogen (secondary N) is 1. The standard InChI is InChI=1S/C27H32ClF2N3O2/c1-35-22-4-5-26-24(16-22)23(25(28)17-32-26)3-2-6-27(18-34)7-10-33(11-8-27)12-9-31-21-14-19(29)13-20(30)15-21/h4-5,13-17,31,34H,2-3,6-12,18H2,1H3. The van der Waals surface area contributed by atoms with E-state index in [1.165, 1.54) is 12.1 Å². The third kappa shape index (κ3) is 6.40. The van der Waals surface area contributed by atoms with Crippen molar-refractivity contribution in [2.45, 2.75) is 32.1 Å². The van der Waals surface area contributed by atoms with Gasteiger partial charge in [0.25, 0.3) is 0 Å². The molecule has 188 valence electrons. The largest absolute Gasteiger partial charge is 0.497 e. The first kappa shape index (κ1) is 25.6. The summed E-state index contributed by atoms with van der Waals surface area (Å²) >= 11 is 6.51. The lowest BCUT2D eigenvalue weighted by molar-refractivity contribution is 0.0370. The van der Waals surface area contributed by atoms with Crippen molar-refractivity contribution < 1.29 is 18.6 Å². The number of fused-ring (bicyclic) bond motifs is 1. The number of piperidine rings is 1. The number of benzene rings is 2. The lowest BCUT2D eigenvalue weighted by atomic mass is 9.75. The third-order valence-corrected chi connectivity index (χ3v) is 7.47. The lowest BCUT2D eigenvalue weighted by Crippen LogP contribution is -2.43. The van der Waals surface area contributed by atoms with Crippen molar-refractivity contribution >= 4 is 28.2 Å². The fraction of sp³-hybridized carbons (Fsp3) is 0.444. The van der Waals surface area contributed by atoms with Gasteiger partial charge in [-0.2, -0.15) is 0 Å². The summed E-state index contributed by atoms with van der Waals surface area (Å²) in [4.78, 5) is 6.76. The molecule has 0 saturated carbocycles. The number of aromatic nitrogens is 1. The van der Waals surface area contributed by atoms with E-state index < -0.39 is 11.6 Å². The molecule has 0 unspecified atom stereocenters. The molecule has 0 radical (unpaired) electrons. The summed E-state index contributed by atoms with van der Waals surface area (Å²) < 4.78 is 32.1. The Balaban J connectivity index is 1.29. The third-order valence-electron chi connectivity index (χ3n) is 7.14. The molecule has 35 heavy (non-hydrogen) atoms. The van der Waals surface area contributed by atoms with E-state index in [1.54, 1.807) is 13.3 Å². The molecule has 8 heteroatoms. The lowest BCUT2D eigenvalue weighted by Gasteiger charge is -2.41. The molecule has 2 heterocycles. The molecule has 2 N–H and O–H groups in total. The number of aliphatic hydroxyl groups excluding tert-OH is 1. The molecule has 1 fully saturated rings. The van der Waals surface area contributed by atoms with Crippen molar-refractivity contribution in [2.75, 3.05) is 45.2 Å². The fourth-order valence-corrected chi connectivity index (χ4v) is 5.22. The van der Waals surface area contributed by atoms with E-state index in [0.29, 0.717) is 17.3 Å². The van der Waals surface area contributed by atoms with E-state index in [0.717, 1.165) is 80.0 Å². The van der Waals surface area contributed by atoms with Crippen LogP contribution in [0.2, 0.25) is 5.02 Å². The van der Waals surface area contributed by atoms with Crippen molar-refractivity contribution in [3.05, 3.63) is 64.8 Å². The first-order valence-electron chi connectivity index (χ1n) is 12.1. The highest BCUT2D eigenvalue weighted by Gasteiger charge is 2.33. The molecule has 4 rings (SSSR count). The molecule has 0 spiro atoms. The zero-order valence-corrected chi connectivity index (χ0v) is 20.8. The van der Waals surface area contributed by atoms with E-state index in [2.05, 4.69) is 15.2 Å². The van der Waals surface area contributed by atoms with Gasteiger partial charge < -0.3 is 20.1 Å². The number of nitrogens with zero attached hydrogens (tertiary/aromatic N) is 2. The maximum absolute atomic E-state index is 13.3. The Hall–Kier alpha value is -2.48. The number of aryl methyl sites for hydroxylation is 1. The van der Waals surface area contributed by atoms with Gasteiger partial charge in [-0.3, -0.25) is 4.98 Å². The van der Waals surface area contributed by atoms with Crippen LogP contribution in [0.4, 0.5) is 14.5 Å². The molecular formula is C27H32ClF2N3O2. The number of hydrogen-bond donors (Lipinski definition) is 2. The van der Waals surface area contributed by atoms with Gasteiger partial charge in [-0.15, -0.1) is 0 Å². The predicted molar refractivity (Wildman–Crippen MR) is 136 cm³/mol. The Labute approximate surface area is 210 Å². The molecule has 0 aliphatic carbocycles. The summed E-state index contributed by atoms with van der Waals surface area (Å²) in [5.74, 6) is -0.393. The summed E-state index contributed by atoms with van der Waals surface area (Å²) in [6.45, 7) is 3.32. The van der Waals surface area contributed by atoms with Gasteiger partial charge in [0.15, 0.2) is 0 Å². The maximum Gasteiger partial charge on any atom is 0.128 e. The first-order chi connectivity index (χ1) is 16.9. The number of ether oxygens (including phenoxy) is 1. The minimum absolute atomic E-state index is 0.0946. The fourth-order valence-electron chi connectivity index (χ4n) is 4.98. The van der Waals surface area contributed by atoms with E-state index in [4.69, 9.17) is 16.3 Å². The second-order valence-electron chi connectivity index (χ2n) is 9.41. The molecule has 1 aliphatic heterocycles. The number of halogens is 3. The van der Waals surface area contributed by atoms with E-state index in [-0.39, 0.29) is 12.0 Å². The van der Waals surface area contributed by atoms with Crippen LogP contribution in [0.5, 0.6) is 5.75 Å². The van der Waals surface area contributed by atoms with Crippen LogP contribution < -0.4 is 10.1 Å². The van der Waals surface area contributed by atoms with Gasteiger partial charge in [-0.1, -0.05) is 11.6 Å². The highest BCUT2D eigenvalue weighted by Crippen LogP contribution is 2.37. The van der Waals surface area contributed by atoms with Crippen LogP contribution >= 0.6 is 11.6 Å². The van der Waals surface area contributed by atoms with Crippen LogP contribution in [-0.2, 0) is 6.42 Å². The number of hydrogen-bond acceptors (Lipinski definition) is 5. The van der Waals surface area contributed by atoms with E-state index in [9.17, 15) is 13.9 Å². The van der Waals surface area contributed by atoms with E-state index >= 15 is 0 Å². The molecule has 1 aromatic heterocycles. The van der Waals surface area contributed by atoms with Gasteiger partial charge in [0.2, 0.25) is 0 Å². The maximum atomic E-state index is 13.3. The number of pyridine rings is 1. The van der Waals surface area contributed by atoms with Gasteiger partial charge in [0, 0.05) is 43.0 Å². The highest BCUT2D eigenvalue weighted by molar-refractivity contribution is 6.32. The van der Waals surface area contributed by atoms with Crippen LogP contribution in [0, 0.1) is 17.0 Å². The number of likely N-dealkylation sites (tertiary alicyclic amines) is 1. The quantitative estimate of drug-likeness (QED) is 0.372. The van der Waals surface area contributed by atoms with Crippen molar-refractivity contribution in [1.29, 1.82) is 0 Å². The molecule has 1 saturated heterocycles. The van der Waals surface area contributed by atoms with Crippen LogP contribution in [0.15, 0.2) is 42.6 Å². The minimum Gasteiger partial charge on any atom is -0.497 e. The summed E-state index contributed by atoms with van der Waals surface area (Å²) in [5.41, 5.74) is 2.32. The number of rotatable bonds is 10. The Kier molecular flexibility index (Phi) is 8.42. The highest BCUT2D eigenvalue weighted by atomic mass is 35.5. The Morgan fingerprint density at radius 1 is 1.14 bits per heavy atom. The first-order valence-corrected chi connectivity index (χ1v) is 12.4. The molecule has 0 bridgehead atoms. The van der Waals surface area contributed by atoms with Crippen molar-refractivity contribution in [3.8, 4) is 5.75 Å². The van der Waals surface area contributed by atoms with Crippen molar-refractivity contribution in [1.82, 2.24) is 9.88 Å². The van der Waals surface area contributed by atoms with Gasteiger partial charge in [0.1, 0.15) is 17.4 Å². The molecule has 5 nitrogen and oxygen atoms in total. The topological polar surface area (TPSA) is 57.6 Å². The zero-order valence-electron chi connectivity index (χ0n) is 20.0. The summed E-state index contributed by atoms with van der Waals surface area (Å²) in [7, 11) is 1.65.